The molecule has 3 aromatic carbocycles. The van der Waals surface area contributed by atoms with Gasteiger partial charge in [0.25, 0.3) is 0 Å². The highest BCUT2D eigenvalue weighted by Gasteiger charge is 2.62. The van der Waals surface area contributed by atoms with Gasteiger partial charge in [0.05, 0.1) is 12.2 Å². The molecule has 0 N–H and O–H groups in total. The molecule has 25 heavy (non-hydrogen) atoms. The van der Waals surface area contributed by atoms with Crippen LogP contribution in [0.3, 0.4) is 0 Å². The Hall–Kier alpha value is -2.38. The van der Waals surface area contributed by atoms with Crippen LogP contribution in [-0.4, -0.2) is 0 Å². The summed E-state index contributed by atoms with van der Waals surface area (Å²) in [5.74, 6) is 2.11. The molecule has 3 unspecified atom stereocenters. The summed E-state index contributed by atoms with van der Waals surface area (Å²) in [5.41, 5.74) is 9.05. The van der Waals surface area contributed by atoms with E-state index in [9.17, 15) is 0 Å². The first-order chi connectivity index (χ1) is 12.4. The van der Waals surface area contributed by atoms with Gasteiger partial charge in [-0.3, -0.25) is 0 Å². The Morgan fingerprint density at radius 2 is 0.760 bits per heavy atom. The number of hydrogen-bond donors (Lipinski definition) is 0. The molecule has 0 spiro atoms. The lowest BCUT2D eigenvalue weighted by atomic mass is 9.50. The fourth-order valence-electron chi connectivity index (χ4n) is 6.45. The Bertz CT molecular complexity index is 907. The van der Waals surface area contributed by atoms with E-state index in [1.165, 1.54) is 11.1 Å². The van der Waals surface area contributed by atoms with Crippen LogP contribution < -0.4 is 0 Å². The maximum absolute atomic E-state index is 6.63. The highest BCUT2D eigenvalue weighted by molar-refractivity contribution is 5.59. The van der Waals surface area contributed by atoms with Gasteiger partial charge >= 0.3 is 0 Å². The Balaban J connectivity index is 1.54. The third-order valence-corrected chi connectivity index (χ3v) is 7.15. The topological polar surface area (TPSA) is 9.23 Å². The van der Waals surface area contributed by atoms with Crippen LogP contribution >= 0.6 is 0 Å². The lowest BCUT2D eigenvalue weighted by molar-refractivity contribution is 0.0533. The zero-order chi connectivity index (χ0) is 16.1. The fraction of sp³-hybridized carbons (Fsp3) is 0.250. The SMILES string of the molecule is c1ccc2c(c1)C1O[C@H]2C2C3c4ccccc4C(c4ccccc43)C12. The minimum atomic E-state index is 0.264. The molecule has 2 heterocycles. The largest absolute Gasteiger partial charge is 0.365 e. The van der Waals surface area contributed by atoms with Crippen molar-refractivity contribution in [3.8, 4) is 0 Å². The molecule has 1 heteroatoms. The van der Waals surface area contributed by atoms with Crippen LogP contribution in [0.5, 0.6) is 0 Å². The van der Waals surface area contributed by atoms with Crippen molar-refractivity contribution in [1.29, 1.82) is 0 Å². The molecule has 4 bridgehead atoms. The van der Waals surface area contributed by atoms with Gasteiger partial charge in [0.15, 0.2) is 0 Å². The maximum Gasteiger partial charge on any atom is 0.0878 e. The van der Waals surface area contributed by atoms with Gasteiger partial charge in [-0.2, -0.15) is 0 Å². The molecule has 0 saturated carbocycles. The molecule has 1 fully saturated rings. The van der Waals surface area contributed by atoms with Gasteiger partial charge in [0.2, 0.25) is 0 Å². The summed E-state index contributed by atoms with van der Waals surface area (Å²) in [5, 5.41) is 0. The number of fused-ring (bicyclic) bond motifs is 5. The summed E-state index contributed by atoms with van der Waals surface area (Å²) < 4.78 is 6.63. The summed E-state index contributed by atoms with van der Waals surface area (Å²) >= 11 is 0. The average molecular weight is 322 g/mol. The summed E-state index contributed by atoms with van der Waals surface area (Å²) in [4.78, 5) is 0. The van der Waals surface area contributed by atoms with E-state index in [-0.39, 0.29) is 12.2 Å². The predicted octanol–water partition coefficient (Wildman–Crippen LogP) is 5.34. The molecule has 4 atom stereocenters. The first-order valence-corrected chi connectivity index (χ1v) is 9.35. The molecular weight excluding hydrogens is 304 g/mol. The third-order valence-electron chi connectivity index (χ3n) is 7.15. The van der Waals surface area contributed by atoms with Crippen molar-refractivity contribution in [1.82, 2.24) is 0 Å². The molecule has 1 nitrogen and oxygen atoms in total. The summed E-state index contributed by atoms with van der Waals surface area (Å²) in [6.45, 7) is 0. The maximum atomic E-state index is 6.63. The molecule has 5 aliphatic rings. The van der Waals surface area contributed by atoms with Gasteiger partial charge in [-0.15, -0.1) is 0 Å². The second-order valence-corrected chi connectivity index (χ2v) is 7.97. The van der Waals surface area contributed by atoms with E-state index in [0.717, 1.165) is 0 Å². The molecule has 8 rings (SSSR count). The second-order valence-electron chi connectivity index (χ2n) is 7.97. The van der Waals surface area contributed by atoms with Crippen molar-refractivity contribution in [2.24, 2.45) is 11.8 Å². The van der Waals surface area contributed by atoms with Crippen LogP contribution in [0.2, 0.25) is 0 Å². The Morgan fingerprint density at radius 3 is 1.12 bits per heavy atom. The number of rotatable bonds is 0. The number of hydrogen-bond acceptors (Lipinski definition) is 1. The number of benzene rings is 3. The predicted molar refractivity (Wildman–Crippen MR) is 96.6 cm³/mol. The molecule has 3 aromatic rings. The fourth-order valence-corrected chi connectivity index (χ4v) is 6.45. The molecule has 1 saturated heterocycles. The molecule has 0 amide bonds. The smallest absolute Gasteiger partial charge is 0.0878 e. The van der Waals surface area contributed by atoms with Gasteiger partial charge < -0.3 is 4.74 Å². The highest BCUT2D eigenvalue weighted by Crippen LogP contribution is 2.71. The van der Waals surface area contributed by atoms with Gasteiger partial charge in [-0.1, -0.05) is 72.8 Å². The lowest BCUT2D eigenvalue weighted by Crippen LogP contribution is -2.42. The van der Waals surface area contributed by atoms with Crippen molar-refractivity contribution in [2.45, 2.75) is 24.0 Å². The van der Waals surface area contributed by atoms with E-state index in [2.05, 4.69) is 72.8 Å². The summed E-state index contributed by atoms with van der Waals surface area (Å²) in [6.07, 6.45) is 0.529. The standard InChI is InChI=1S/C24H18O/c1-2-8-14-13(7-1)19-15-9-3-4-10-16(15)20(14)22-21(19)23-17-11-5-6-12-18(17)24(22)25-23/h1-12,19-24H/t19?,20?,21?,22?,23-,24?/m1/s1. The second kappa shape index (κ2) is 4.23. The van der Waals surface area contributed by atoms with Gasteiger partial charge in [-0.25, -0.2) is 0 Å². The molecular formula is C24H18O. The quantitative estimate of drug-likeness (QED) is 0.543. The third kappa shape index (κ3) is 1.35. The van der Waals surface area contributed by atoms with E-state index in [1.54, 1.807) is 22.3 Å². The van der Waals surface area contributed by atoms with Crippen molar-refractivity contribution < 1.29 is 4.74 Å². The van der Waals surface area contributed by atoms with Crippen LogP contribution in [0.25, 0.3) is 0 Å². The first kappa shape index (κ1) is 12.9. The minimum absolute atomic E-state index is 0.264. The Morgan fingerprint density at radius 1 is 0.440 bits per heavy atom. The molecule has 3 aliphatic carbocycles. The molecule has 120 valence electrons. The zero-order valence-corrected chi connectivity index (χ0v) is 13.8. The van der Waals surface area contributed by atoms with E-state index in [1.807, 2.05) is 0 Å². The Kier molecular flexibility index (Phi) is 2.18. The molecule has 2 aliphatic heterocycles. The number of ether oxygens (including phenoxy) is 1. The van der Waals surface area contributed by atoms with Crippen LogP contribution in [0.1, 0.15) is 57.4 Å². The van der Waals surface area contributed by atoms with Crippen LogP contribution in [0.4, 0.5) is 0 Å². The van der Waals surface area contributed by atoms with Crippen LogP contribution in [0.15, 0.2) is 72.8 Å². The normalized spacial score (nSPS) is 35.0. The summed E-state index contributed by atoms with van der Waals surface area (Å²) in [7, 11) is 0. The van der Waals surface area contributed by atoms with E-state index < -0.39 is 0 Å². The first-order valence-electron chi connectivity index (χ1n) is 9.35. The van der Waals surface area contributed by atoms with Crippen molar-refractivity contribution in [2.75, 3.05) is 0 Å². The van der Waals surface area contributed by atoms with Gasteiger partial charge in [0, 0.05) is 23.7 Å². The van der Waals surface area contributed by atoms with Crippen molar-refractivity contribution >= 4 is 0 Å². The van der Waals surface area contributed by atoms with Gasteiger partial charge in [-0.05, 0) is 33.4 Å². The van der Waals surface area contributed by atoms with Crippen molar-refractivity contribution in [3.05, 3.63) is 106 Å². The van der Waals surface area contributed by atoms with Gasteiger partial charge in [0.1, 0.15) is 0 Å². The lowest BCUT2D eigenvalue weighted by Gasteiger charge is -2.51. The zero-order valence-electron chi connectivity index (χ0n) is 13.8. The molecule has 0 radical (unpaired) electrons. The van der Waals surface area contributed by atoms with E-state index in [0.29, 0.717) is 23.7 Å². The average Bonchev–Trinajstić information content (AvgIpc) is 3.26. The summed E-state index contributed by atoms with van der Waals surface area (Å²) in [6, 6.07) is 27.2. The van der Waals surface area contributed by atoms with Crippen LogP contribution in [-0.2, 0) is 4.74 Å². The minimum Gasteiger partial charge on any atom is -0.365 e. The highest BCUT2D eigenvalue weighted by atomic mass is 16.5. The van der Waals surface area contributed by atoms with Crippen LogP contribution in [0, 0.1) is 11.8 Å². The van der Waals surface area contributed by atoms with E-state index in [4.69, 9.17) is 4.74 Å². The monoisotopic (exact) mass is 322 g/mol. The van der Waals surface area contributed by atoms with E-state index >= 15 is 0 Å². The van der Waals surface area contributed by atoms with Crippen molar-refractivity contribution in [3.63, 3.8) is 0 Å². The molecule has 0 aromatic heterocycles. The Labute approximate surface area is 147 Å².